The number of nitrogens with one attached hydrogen (secondary N) is 1. The van der Waals surface area contributed by atoms with Gasteiger partial charge in [0.25, 0.3) is 0 Å². The van der Waals surface area contributed by atoms with Crippen molar-refractivity contribution < 1.29 is 4.79 Å². The molecule has 1 amide bonds. The van der Waals surface area contributed by atoms with Gasteiger partial charge in [0.1, 0.15) is 0 Å². The Morgan fingerprint density at radius 1 is 1.38 bits per heavy atom. The van der Waals surface area contributed by atoms with Crippen LogP contribution in [0.3, 0.4) is 0 Å². The molecule has 0 bridgehead atoms. The second-order valence-corrected chi connectivity index (χ2v) is 5.06. The van der Waals surface area contributed by atoms with Crippen molar-refractivity contribution in [1.29, 1.82) is 0 Å². The van der Waals surface area contributed by atoms with E-state index in [0.29, 0.717) is 12.6 Å². The minimum atomic E-state index is -0.334. The van der Waals surface area contributed by atoms with Gasteiger partial charge in [-0.15, -0.1) is 0 Å². The fourth-order valence-electron chi connectivity index (χ4n) is 2.39. The summed E-state index contributed by atoms with van der Waals surface area (Å²) in [5, 5.41) is 3.16. The zero-order valence-electron chi connectivity index (χ0n) is 10.9. The second kappa shape index (κ2) is 5.67. The topological polar surface area (TPSA) is 55.1 Å². The average Bonchev–Trinajstić information content (AvgIpc) is 3.00. The van der Waals surface area contributed by atoms with E-state index in [2.05, 4.69) is 12.2 Å². The molecule has 0 aliphatic heterocycles. The van der Waals surface area contributed by atoms with E-state index in [9.17, 15) is 4.79 Å². The number of rotatable bonds is 7. The van der Waals surface area contributed by atoms with Crippen molar-refractivity contribution in [2.24, 2.45) is 17.1 Å². The predicted octanol–water partition coefficient (Wildman–Crippen LogP) is 2.06. The highest BCUT2D eigenvalue weighted by Crippen LogP contribution is 2.36. The monoisotopic (exact) mass is 226 g/mol. The molecule has 1 rings (SSSR count). The summed E-state index contributed by atoms with van der Waals surface area (Å²) >= 11 is 0. The van der Waals surface area contributed by atoms with Crippen molar-refractivity contribution >= 4 is 5.91 Å². The van der Waals surface area contributed by atoms with E-state index in [0.717, 1.165) is 25.2 Å². The molecular weight excluding hydrogens is 200 g/mol. The van der Waals surface area contributed by atoms with Gasteiger partial charge in [0.05, 0.1) is 5.41 Å². The molecule has 0 radical (unpaired) electrons. The van der Waals surface area contributed by atoms with Gasteiger partial charge in [0.15, 0.2) is 0 Å². The molecule has 3 nitrogen and oxygen atoms in total. The maximum Gasteiger partial charge on any atom is 0.227 e. The van der Waals surface area contributed by atoms with Crippen LogP contribution in [-0.2, 0) is 4.79 Å². The summed E-state index contributed by atoms with van der Waals surface area (Å²) in [6, 6.07) is 0.427. The molecule has 3 heteroatoms. The number of amides is 1. The summed E-state index contributed by atoms with van der Waals surface area (Å²) in [6.07, 6.45) is 5.26. The molecule has 2 unspecified atom stereocenters. The van der Waals surface area contributed by atoms with Crippen molar-refractivity contribution in [3.05, 3.63) is 0 Å². The minimum Gasteiger partial charge on any atom is -0.353 e. The lowest BCUT2D eigenvalue weighted by molar-refractivity contribution is -0.131. The molecule has 0 aromatic heterocycles. The summed E-state index contributed by atoms with van der Waals surface area (Å²) in [5.41, 5.74) is 5.42. The van der Waals surface area contributed by atoms with Crippen LogP contribution < -0.4 is 11.1 Å². The Morgan fingerprint density at radius 2 is 2.00 bits per heavy atom. The van der Waals surface area contributed by atoms with E-state index in [-0.39, 0.29) is 11.3 Å². The molecule has 0 aromatic carbocycles. The van der Waals surface area contributed by atoms with Crippen LogP contribution in [0.5, 0.6) is 0 Å². The Labute approximate surface area is 99.2 Å². The molecular formula is C13H26N2O. The number of carbonyl (C=O) groups excluding carboxylic acids is 1. The van der Waals surface area contributed by atoms with Gasteiger partial charge in [0.2, 0.25) is 5.91 Å². The summed E-state index contributed by atoms with van der Waals surface area (Å²) in [7, 11) is 0. The van der Waals surface area contributed by atoms with E-state index < -0.39 is 0 Å². The maximum absolute atomic E-state index is 12.2. The molecule has 2 atom stereocenters. The van der Waals surface area contributed by atoms with Crippen LogP contribution in [0.15, 0.2) is 0 Å². The van der Waals surface area contributed by atoms with Crippen molar-refractivity contribution in [2.75, 3.05) is 6.54 Å². The SMILES string of the molecule is CCCC1CC1NC(=O)C(CC)(CC)CN. The lowest BCUT2D eigenvalue weighted by atomic mass is 9.81. The van der Waals surface area contributed by atoms with Crippen LogP contribution >= 0.6 is 0 Å². The van der Waals surface area contributed by atoms with E-state index in [1.165, 1.54) is 12.8 Å². The molecule has 94 valence electrons. The predicted molar refractivity (Wildman–Crippen MR) is 67.0 cm³/mol. The standard InChI is InChI=1S/C13H26N2O/c1-4-7-10-8-11(10)15-12(16)13(5-2,6-3)9-14/h10-11H,4-9,14H2,1-3H3,(H,15,16). The first kappa shape index (κ1) is 13.5. The van der Waals surface area contributed by atoms with Gasteiger partial charge < -0.3 is 11.1 Å². The van der Waals surface area contributed by atoms with E-state index in [4.69, 9.17) is 5.73 Å². The first-order valence-corrected chi connectivity index (χ1v) is 6.64. The van der Waals surface area contributed by atoms with Gasteiger partial charge in [-0.2, -0.15) is 0 Å². The molecule has 0 aromatic rings. The van der Waals surface area contributed by atoms with Gasteiger partial charge >= 0.3 is 0 Å². The highest BCUT2D eigenvalue weighted by Gasteiger charge is 2.41. The van der Waals surface area contributed by atoms with Crippen LogP contribution in [0.1, 0.15) is 52.9 Å². The van der Waals surface area contributed by atoms with E-state index in [1.807, 2.05) is 13.8 Å². The lowest BCUT2D eigenvalue weighted by Crippen LogP contribution is -2.46. The zero-order valence-corrected chi connectivity index (χ0v) is 10.9. The first-order valence-electron chi connectivity index (χ1n) is 6.64. The van der Waals surface area contributed by atoms with Crippen LogP contribution in [0.25, 0.3) is 0 Å². The number of hydrogen-bond acceptors (Lipinski definition) is 2. The van der Waals surface area contributed by atoms with Crippen molar-refractivity contribution in [3.63, 3.8) is 0 Å². The number of hydrogen-bond donors (Lipinski definition) is 2. The highest BCUT2D eigenvalue weighted by molar-refractivity contribution is 5.83. The van der Waals surface area contributed by atoms with Gasteiger partial charge in [-0.25, -0.2) is 0 Å². The van der Waals surface area contributed by atoms with Gasteiger partial charge in [-0.3, -0.25) is 4.79 Å². The minimum absolute atomic E-state index is 0.170. The van der Waals surface area contributed by atoms with Crippen LogP contribution in [0, 0.1) is 11.3 Å². The number of carbonyl (C=O) groups is 1. The third-order valence-corrected chi connectivity index (χ3v) is 4.12. The molecule has 1 saturated carbocycles. The zero-order chi connectivity index (χ0) is 12.2. The van der Waals surface area contributed by atoms with Crippen molar-refractivity contribution in [2.45, 2.75) is 58.9 Å². The van der Waals surface area contributed by atoms with Crippen LogP contribution in [0.4, 0.5) is 0 Å². The third-order valence-electron chi connectivity index (χ3n) is 4.12. The van der Waals surface area contributed by atoms with Gasteiger partial charge in [-0.05, 0) is 31.6 Å². The fourth-order valence-corrected chi connectivity index (χ4v) is 2.39. The molecule has 3 N–H and O–H groups in total. The van der Waals surface area contributed by atoms with Gasteiger partial charge in [-0.1, -0.05) is 27.2 Å². The Bertz CT molecular complexity index is 228. The highest BCUT2D eigenvalue weighted by atomic mass is 16.2. The quantitative estimate of drug-likeness (QED) is 0.698. The Kier molecular flexibility index (Phi) is 4.78. The molecule has 16 heavy (non-hydrogen) atoms. The molecule has 1 fully saturated rings. The molecule has 1 aliphatic rings. The maximum atomic E-state index is 12.2. The second-order valence-electron chi connectivity index (χ2n) is 5.06. The average molecular weight is 226 g/mol. The first-order chi connectivity index (χ1) is 7.63. The Balaban J connectivity index is 2.45. The summed E-state index contributed by atoms with van der Waals surface area (Å²) < 4.78 is 0. The molecule has 1 aliphatic carbocycles. The smallest absolute Gasteiger partial charge is 0.227 e. The molecule has 0 heterocycles. The fraction of sp³-hybridized carbons (Fsp3) is 0.923. The van der Waals surface area contributed by atoms with Crippen molar-refractivity contribution in [3.8, 4) is 0 Å². The summed E-state index contributed by atoms with van der Waals surface area (Å²) in [4.78, 5) is 12.2. The third kappa shape index (κ3) is 2.76. The molecule has 0 spiro atoms. The summed E-state index contributed by atoms with van der Waals surface area (Å²) in [5.74, 6) is 0.890. The normalized spacial score (nSPS) is 24.2. The Morgan fingerprint density at radius 3 is 2.44 bits per heavy atom. The lowest BCUT2D eigenvalue weighted by Gasteiger charge is -2.28. The molecule has 0 saturated heterocycles. The van der Waals surface area contributed by atoms with Crippen LogP contribution in [-0.4, -0.2) is 18.5 Å². The summed E-state index contributed by atoms with van der Waals surface area (Å²) in [6.45, 7) is 6.75. The van der Waals surface area contributed by atoms with Gasteiger partial charge in [0, 0.05) is 12.6 Å². The largest absolute Gasteiger partial charge is 0.353 e. The van der Waals surface area contributed by atoms with E-state index >= 15 is 0 Å². The van der Waals surface area contributed by atoms with Crippen molar-refractivity contribution in [1.82, 2.24) is 5.32 Å². The Hall–Kier alpha value is -0.570. The van der Waals surface area contributed by atoms with Crippen LogP contribution in [0.2, 0.25) is 0 Å². The van der Waals surface area contributed by atoms with E-state index in [1.54, 1.807) is 0 Å². The number of nitrogens with two attached hydrogens (primary N) is 1.